The third kappa shape index (κ3) is 4.09. The van der Waals surface area contributed by atoms with Crippen LogP contribution in [0.3, 0.4) is 0 Å². The van der Waals surface area contributed by atoms with Gasteiger partial charge in [-0.05, 0) is 37.3 Å². The Balaban J connectivity index is 1.77. The normalized spacial score (nSPS) is 11.8. The molecule has 1 aromatic carbocycles. The fourth-order valence-electron chi connectivity index (χ4n) is 3.50. The molecule has 4 aromatic rings. The summed E-state index contributed by atoms with van der Waals surface area (Å²) in [5.41, 5.74) is 1.51. The highest BCUT2D eigenvalue weighted by molar-refractivity contribution is 5.92. The third-order valence-corrected chi connectivity index (χ3v) is 4.98. The van der Waals surface area contributed by atoms with Crippen LogP contribution in [0.2, 0.25) is 0 Å². The molecule has 0 aliphatic heterocycles. The Morgan fingerprint density at radius 2 is 1.81 bits per heavy atom. The first kappa shape index (κ1) is 21.6. The first-order chi connectivity index (χ1) is 15.2. The fourth-order valence-corrected chi connectivity index (χ4v) is 3.50. The van der Waals surface area contributed by atoms with E-state index >= 15 is 0 Å². The van der Waals surface area contributed by atoms with Crippen molar-refractivity contribution in [2.24, 2.45) is 7.05 Å². The van der Waals surface area contributed by atoms with Gasteiger partial charge in [0.2, 0.25) is 5.88 Å². The van der Waals surface area contributed by atoms with Gasteiger partial charge in [0.25, 0.3) is 5.56 Å². The molecule has 10 heteroatoms. The molecule has 7 nitrogen and oxygen atoms in total. The largest absolute Gasteiger partial charge is 0.439 e. The molecule has 1 N–H and O–H groups in total. The van der Waals surface area contributed by atoms with Gasteiger partial charge in [0.1, 0.15) is 11.6 Å². The van der Waals surface area contributed by atoms with Crippen molar-refractivity contribution >= 4 is 11.0 Å². The van der Waals surface area contributed by atoms with Crippen LogP contribution in [0, 0.1) is 6.92 Å². The number of pyridine rings is 1. The maximum atomic E-state index is 12.8. The first-order valence-corrected chi connectivity index (χ1v) is 9.68. The molecule has 0 radical (unpaired) electrons. The highest BCUT2D eigenvalue weighted by Gasteiger charge is 2.30. The van der Waals surface area contributed by atoms with Gasteiger partial charge in [-0.25, -0.2) is 4.98 Å². The second-order valence-corrected chi connectivity index (χ2v) is 7.19. The Kier molecular flexibility index (Phi) is 5.47. The van der Waals surface area contributed by atoms with Crippen LogP contribution in [-0.4, -0.2) is 30.8 Å². The maximum absolute atomic E-state index is 12.8. The lowest BCUT2D eigenvalue weighted by molar-refractivity contribution is -0.137. The van der Waals surface area contributed by atoms with Crippen molar-refractivity contribution in [1.82, 2.24) is 19.1 Å². The minimum Gasteiger partial charge on any atom is -0.439 e. The number of aliphatic hydroxyl groups is 1. The van der Waals surface area contributed by atoms with Crippen LogP contribution < -0.4 is 10.3 Å². The van der Waals surface area contributed by atoms with Crippen LogP contribution >= 0.6 is 0 Å². The molecule has 3 heterocycles. The number of rotatable bonds is 5. The zero-order valence-corrected chi connectivity index (χ0v) is 17.2. The molecule has 166 valence electrons. The van der Waals surface area contributed by atoms with Crippen molar-refractivity contribution < 1.29 is 23.0 Å². The van der Waals surface area contributed by atoms with Crippen molar-refractivity contribution in [3.8, 4) is 22.9 Å². The second-order valence-electron chi connectivity index (χ2n) is 7.19. The molecule has 0 unspecified atom stereocenters. The van der Waals surface area contributed by atoms with Gasteiger partial charge in [-0.3, -0.25) is 4.79 Å². The summed E-state index contributed by atoms with van der Waals surface area (Å²) in [6.45, 7) is 1.90. The summed E-state index contributed by atoms with van der Waals surface area (Å²) in [6.07, 6.45) is -2.65. The van der Waals surface area contributed by atoms with E-state index in [0.717, 1.165) is 17.6 Å². The monoisotopic (exact) mass is 444 g/mol. The van der Waals surface area contributed by atoms with Crippen molar-refractivity contribution in [2.45, 2.75) is 19.6 Å². The zero-order chi connectivity index (χ0) is 23.0. The van der Waals surface area contributed by atoms with Crippen LogP contribution in [0.4, 0.5) is 13.2 Å². The number of alkyl halides is 3. The molecule has 4 rings (SSSR count). The molecular weight excluding hydrogens is 425 g/mol. The number of nitrogens with zero attached hydrogens (tertiary/aromatic N) is 4. The fraction of sp³-hybridized carbons (Fsp3) is 0.227. The standard InChI is InChI=1S/C22H19F3N4O3/c1-13-26-17(11-19(27-13)32-15-5-3-14(4-6-15)22(23,24)25)16-12-29(9-10-30)18-7-8-20(31)28(2)21(16)18/h3-8,11-12,30H,9-10H2,1-2H3. The van der Waals surface area contributed by atoms with Gasteiger partial charge in [0, 0.05) is 37.5 Å². The molecule has 0 saturated heterocycles. The molecular formula is C22H19F3N4O3. The van der Waals surface area contributed by atoms with E-state index < -0.39 is 11.7 Å². The number of hydrogen-bond donors (Lipinski definition) is 1. The minimum absolute atomic E-state index is 0.0862. The van der Waals surface area contributed by atoms with E-state index in [1.165, 1.54) is 22.8 Å². The third-order valence-electron chi connectivity index (χ3n) is 4.98. The molecule has 0 bridgehead atoms. The van der Waals surface area contributed by atoms with Crippen LogP contribution in [0.15, 0.2) is 53.5 Å². The number of fused-ring (bicyclic) bond motifs is 1. The van der Waals surface area contributed by atoms with E-state index in [9.17, 15) is 23.1 Å². The Labute approximate surface area is 180 Å². The van der Waals surface area contributed by atoms with Gasteiger partial charge in [-0.1, -0.05) is 0 Å². The maximum Gasteiger partial charge on any atom is 0.416 e. The van der Waals surface area contributed by atoms with Gasteiger partial charge in [0.15, 0.2) is 0 Å². The average Bonchev–Trinajstić information content (AvgIpc) is 3.09. The Morgan fingerprint density at radius 1 is 1.09 bits per heavy atom. The summed E-state index contributed by atoms with van der Waals surface area (Å²) in [5.74, 6) is 0.724. The molecule has 32 heavy (non-hydrogen) atoms. The summed E-state index contributed by atoms with van der Waals surface area (Å²) in [7, 11) is 1.64. The van der Waals surface area contributed by atoms with E-state index in [2.05, 4.69) is 9.97 Å². The molecule has 0 fully saturated rings. The molecule has 0 aliphatic carbocycles. The number of hydrogen-bond acceptors (Lipinski definition) is 5. The molecule has 0 aliphatic rings. The van der Waals surface area contributed by atoms with Crippen LogP contribution in [0.25, 0.3) is 22.3 Å². The number of aliphatic hydroxyl groups excluding tert-OH is 1. The predicted molar refractivity (Wildman–Crippen MR) is 112 cm³/mol. The lowest BCUT2D eigenvalue weighted by atomic mass is 10.2. The Hall–Kier alpha value is -3.66. The number of halogens is 3. The minimum atomic E-state index is -4.43. The Morgan fingerprint density at radius 3 is 2.47 bits per heavy atom. The van der Waals surface area contributed by atoms with Crippen molar-refractivity contribution in [2.75, 3.05) is 6.61 Å². The van der Waals surface area contributed by atoms with E-state index in [-0.39, 0.29) is 23.8 Å². The summed E-state index contributed by atoms with van der Waals surface area (Å²) in [6, 6.07) is 8.99. The summed E-state index contributed by atoms with van der Waals surface area (Å²) >= 11 is 0. The van der Waals surface area contributed by atoms with Gasteiger partial charge in [0.05, 0.1) is 28.9 Å². The van der Waals surface area contributed by atoms with Crippen LogP contribution in [-0.2, 0) is 19.8 Å². The van der Waals surface area contributed by atoms with E-state index in [1.807, 2.05) is 4.57 Å². The summed E-state index contributed by atoms with van der Waals surface area (Å²) in [5, 5.41) is 9.40. The number of aryl methyl sites for hydroxylation is 2. The van der Waals surface area contributed by atoms with Gasteiger partial charge >= 0.3 is 6.18 Å². The second kappa shape index (κ2) is 8.12. The number of benzene rings is 1. The average molecular weight is 444 g/mol. The highest BCUT2D eigenvalue weighted by Crippen LogP contribution is 2.33. The van der Waals surface area contributed by atoms with Crippen LogP contribution in [0.1, 0.15) is 11.4 Å². The highest BCUT2D eigenvalue weighted by atomic mass is 19.4. The first-order valence-electron chi connectivity index (χ1n) is 9.68. The van der Waals surface area contributed by atoms with Gasteiger partial charge in [-0.2, -0.15) is 18.2 Å². The number of aromatic nitrogens is 4. The summed E-state index contributed by atoms with van der Waals surface area (Å²) < 4.78 is 47.3. The van der Waals surface area contributed by atoms with Gasteiger partial charge in [-0.15, -0.1) is 0 Å². The SMILES string of the molecule is Cc1nc(Oc2ccc(C(F)(F)F)cc2)cc(-c2cn(CCO)c3ccc(=O)n(C)c23)n1. The molecule has 0 spiro atoms. The van der Waals surface area contributed by atoms with Crippen molar-refractivity contribution in [3.05, 3.63) is 70.4 Å². The molecule has 0 amide bonds. The molecule has 3 aromatic heterocycles. The lowest BCUT2D eigenvalue weighted by Gasteiger charge is -2.10. The Bertz CT molecular complexity index is 1340. The zero-order valence-electron chi connectivity index (χ0n) is 17.2. The van der Waals surface area contributed by atoms with E-state index in [0.29, 0.717) is 29.1 Å². The van der Waals surface area contributed by atoms with E-state index in [4.69, 9.17) is 4.74 Å². The van der Waals surface area contributed by atoms with Crippen LogP contribution in [0.5, 0.6) is 11.6 Å². The predicted octanol–water partition coefficient (Wildman–Crippen LogP) is 3.91. The smallest absolute Gasteiger partial charge is 0.416 e. The van der Waals surface area contributed by atoms with Crippen molar-refractivity contribution in [1.29, 1.82) is 0 Å². The van der Waals surface area contributed by atoms with E-state index in [1.54, 1.807) is 32.3 Å². The van der Waals surface area contributed by atoms with Crippen molar-refractivity contribution in [3.63, 3.8) is 0 Å². The quantitative estimate of drug-likeness (QED) is 0.505. The lowest BCUT2D eigenvalue weighted by Crippen LogP contribution is -2.15. The molecule has 0 atom stereocenters. The topological polar surface area (TPSA) is 82.2 Å². The molecule has 0 saturated carbocycles. The summed E-state index contributed by atoms with van der Waals surface area (Å²) in [4.78, 5) is 20.9. The number of ether oxygens (including phenoxy) is 1. The van der Waals surface area contributed by atoms with Gasteiger partial charge < -0.3 is 19.0 Å².